The van der Waals surface area contributed by atoms with Crippen molar-refractivity contribution in [1.82, 2.24) is 25.8 Å². The minimum atomic E-state index is -1.11. The van der Waals surface area contributed by atoms with Crippen molar-refractivity contribution in [2.45, 2.75) is 90.0 Å². The molecule has 6 N–H and O–H groups in total. The zero-order valence-corrected chi connectivity index (χ0v) is 42.1. The summed E-state index contributed by atoms with van der Waals surface area (Å²) in [7, 11) is 2.98. The fourth-order valence-corrected chi connectivity index (χ4v) is 9.89. The number of aliphatic imine (C=N–C) groups is 2. The zero-order chi connectivity index (χ0) is 52.8. The zero-order valence-electron chi connectivity index (χ0n) is 42.1. The average molecular weight is 1020 g/mol. The van der Waals surface area contributed by atoms with Crippen LogP contribution in [0.3, 0.4) is 0 Å². The standard InChI is InChI=1S/C56H59N9O10/c1-32(2)51(61-31-66)53(68)63-44(14-9-15-58-56(57)71)52(67)62-39-17-33(29-74-49-23-45-42(21-47(49)72-3)54(69)64-27-37-12-7-5-10-35(37)19-40(64)25-59-45)16-34(18-39)30-75-50-24-46-43(22-48(50)73-4)55(70)65-28-38-13-8-6-11-36(38)20-41(65)26-60-46/h5-8,10-13,16-18,21-26,31-32,40-41,44,51H,9,14-15,19-20,27-30H2,1-4H3,(H,61,66)(H,62,67)(H,63,68)(H3,57,58,71)/t40-,41-,44-,51-/m0/s1. The second kappa shape index (κ2) is 22.6. The molecule has 0 unspecified atom stereocenters. The molecule has 0 fully saturated rings. The smallest absolute Gasteiger partial charge is 0.312 e. The van der Waals surface area contributed by atoms with E-state index in [1.807, 2.05) is 52.3 Å². The van der Waals surface area contributed by atoms with Gasteiger partial charge in [0.05, 0.1) is 48.8 Å². The molecular formula is C56H59N9O10. The summed E-state index contributed by atoms with van der Waals surface area (Å²) in [5, 5.41) is 10.7. The van der Waals surface area contributed by atoms with Gasteiger partial charge >= 0.3 is 6.03 Å². The van der Waals surface area contributed by atoms with Gasteiger partial charge in [-0.2, -0.15) is 0 Å². The van der Waals surface area contributed by atoms with Crippen LogP contribution in [0.2, 0.25) is 0 Å². The van der Waals surface area contributed by atoms with Gasteiger partial charge in [-0.25, -0.2) is 4.79 Å². The number of rotatable bonds is 19. The molecule has 0 aromatic heterocycles. The molecule has 19 heteroatoms. The predicted octanol–water partition coefficient (Wildman–Crippen LogP) is 6.07. The van der Waals surface area contributed by atoms with Gasteiger partial charge in [-0.15, -0.1) is 0 Å². The van der Waals surface area contributed by atoms with Gasteiger partial charge in [0.15, 0.2) is 23.0 Å². The highest BCUT2D eigenvalue weighted by molar-refractivity contribution is 6.04. The Kier molecular flexibility index (Phi) is 15.4. The molecule has 5 aromatic carbocycles. The Balaban J connectivity index is 0.999. The molecule has 0 saturated heterocycles. The molecule has 75 heavy (non-hydrogen) atoms. The number of urea groups is 1. The molecule has 4 atom stereocenters. The van der Waals surface area contributed by atoms with E-state index in [1.165, 1.54) is 25.3 Å². The number of ether oxygens (including phenoxy) is 4. The van der Waals surface area contributed by atoms with Crippen LogP contribution in [0, 0.1) is 5.92 Å². The lowest BCUT2D eigenvalue weighted by atomic mass is 9.94. The minimum Gasteiger partial charge on any atom is -0.493 e. The maximum absolute atomic E-state index is 14.3. The van der Waals surface area contributed by atoms with Gasteiger partial charge < -0.3 is 55.7 Å². The summed E-state index contributed by atoms with van der Waals surface area (Å²) >= 11 is 0. The largest absolute Gasteiger partial charge is 0.493 e. The van der Waals surface area contributed by atoms with Gasteiger partial charge in [-0.1, -0.05) is 62.4 Å². The van der Waals surface area contributed by atoms with Crippen LogP contribution in [0.1, 0.15) is 80.8 Å². The highest BCUT2D eigenvalue weighted by atomic mass is 16.5. The quantitative estimate of drug-likeness (QED) is 0.0472. The highest BCUT2D eigenvalue weighted by Crippen LogP contribution is 2.41. The van der Waals surface area contributed by atoms with Crippen molar-refractivity contribution in [2.75, 3.05) is 26.1 Å². The number of nitrogens with zero attached hydrogens (tertiary/aromatic N) is 4. The number of primary amides is 1. The van der Waals surface area contributed by atoms with E-state index in [1.54, 1.807) is 62.7 Å². The third-order valence-corrected chi connectivity index (χ3v) is 13.8. The van der Waals surface area contributed by atoms with Crippen LogP contribution in [0.5, 0.6) is 23.0 Å². The number of benzene rings is 5. The third-order valence-electron chi connectivity index (χ3n) is 13.8. The Labute approximate surface area is 433 Å². The van der Waals surface area contributed by atoms with Gasteiger partial charge in [0, 0.05) is 49.9 Å². The van der Waals surface area contributed by atoms with E-state index >= 15 is 0 Å². The SMILES string of the molecule is COc1cc2c(cc1OCc1cc(COc3cc4c(cc3OC)C(=O)N3Cc5ccccc5C[C@H]3C=N4)cc(NC(=O)[C@H](CCCNC(N)=O)NC(=O)[C@@H](NC=O)C(C)C)c1)N=C[C@@H]1Cc3ccccc3CN1C2=O. The van der Waals surface area contributed by atoms with Crippen LogP contribution in [-0.2, 0) is 53.5 Å². The lowest BCUT2D eigenvalue weighted by molar-refractivity contribution is -0.130. The molecule has 0 saturated carbocycles. The van der Waals surface area contributed by atoms with Gasteiger partial charge in [-0.05, 0) is 95.3 Å². The molecular weight excluding hydrogens is 959 g/mol. The number of hydrogen-bond acceptors (Lipinski definition) is 12. The van der Waals surface area contributed by atoms with Crippen molar-refractivity contribution < 1.29 is 47.7 Å². The Morgan fingerprint density at radius 3 is 1.68 bits per heavy atom. The molecule has 5 aromatic rings. The average Bonchev–Trinajstić information content (AvgIpc) is 3.63. The molecule has 0 radical (unpaired) electrons. The van der Waals surface area contributed by atoms with Crippen LogP contribution in [-0.4, -0.2) is 103 Å². The fraction of sp³-hybridized carbons (Fsp3) is 0.321. The lowest BCUT2D eigenvalue weighted by Gasteiger charge is -2.34. The minimum absolute atomic E-state index is 0.0551. The maximum Gasteiger partial charge on any atom is 0.312 e. The molecule has 7 amide bonds. The molecule has 9 rings (SSSR count). The van der Waals surface area contributed by atoms with Gasteiger partial charge in [0.2, 0.25) is 18.2 Å². The number of hydrogen-bond donors (Lipinski definition) is 5. The third kappa shape index (κ3) is 11.4. The maximum atomic E-state index is 14.3. The van der Waals surface area contributed by atoms with E-state index in [-0.39, 0.29) is 62.4 Å². The van der Waals surface area contributed by atoms with E-state index in [0.717, 1.165) is 11.1 Å². The van der Waals surface area contributed by atoms with Crippen molar-refractivity contribution in [2.24, 2.45) is 21.6 Å². The van der Waals surface area contributed by atoms with Crippen LogP contribution < -0.4 is 45.9 Å². The van der Waals surface area contributed by atoms with E-state index in [9.17, 15) is 28.8 Å². The number of carbonyl (C=O) groups is 6. The number of carbonyl (C=O) groups excluding carboxylic acids is 6. The summed E-state index contributed by atoms with van der Waals surface area (Å²) in [6, 6.07) is 24.8. The molecule has 19 nitrogen and oxygen atoms in total. The van der Waals surface area contributed by atoms with Crippen molar-refractivity contribution in [3.05, 3.63) is 136 Å². The Morgan fingerprint density at radius 1 is 0.707 bits per heavy atom. The van der Waals surface area contributed by atoms with Crippen LogP contribution in [0.15, 0.2) is 101 Å². The first-order valence-electron chi connectivity index (χ1n) is 24.8. The molecule has 0 spiro atoms. The first kappa shape index (κ1) is 51.2. The summed E-state index contributed by atoms with van der Waals surface area (Å²) in [6.07, 6.45) is 5.68. The number of fused-ring (bicyclic) bond motifs is 6. The van der Waals surface area contributed by atoms with Gasteiger partial charge in [0.25, 0.3) is 11.8 Å². The summed E-state index contributed by atoms with van der Waals surface area (Å²) in [5.41, 5.74) is 12.9. The van der Waals surface area contributed by atoms with Crippen LogP contribution in [0.25, 0.3) is 0 Å². The lowest BCUT2D eigenvalue weighted by Crippen LogP contribution is -2.53. The number of nitrogens with two attached hydrogens (primary N) is 1. The summed E-state index contributed by atoms with van der Waals surface area (Å²) in [5.74, 6) is -0.545. The normalized spacial score (nSPS) is 16.8. The highest BCUT2D eigenvalue weighted by Gasteiger charge is 2.35. The van der Waals surface area contributed by atoms with E-state index < -0.39 is 29.9 Å². The first-order valence-corrected chi connectivity index (χ1v) is 24.8. The van der Waals surface area contributed by atoms with E-state index in [4.69, 9.17) is 34.7 Å². The second-order valence-corrected chi connectivity index (χ2v) is 19.1. The van der Waals surface area contributed by atoms with Crippen molar-refractivity contribution in [3.63, 3.8) is 0 Å². The second-order valence-electron chi connectivity index (χ2n) is 19.1. The molecule has 4 heterocycles. The molecule has 4 aliphatic heterocycles. The first-order chi connectivity index (χ1) is 36.3. The number of methoxy groups -OCH3 is 2. The molecule has 0 aliphatic carbocycles. The van der Waals surface area contributed by atoms with Crippen molar-refractivity contribution in [1.29, 1.82) is 0 Å². The van der Waals surface area contributed by atoms with Crippen molar-refractivity contribution >= 4 is 65.6 Å². The Morgan fingerprint density at radius 2 is 1.21 bits per heavy atom. The Hall–Kier alpha value is -8.74. The van der Waals surface area contributed by atoms with Crippen LogP contribution in [0.4, 0.5) is 21.9 Å². The monoisotopic (exact) mass is 1020 g/mol. The fourth-order valence-electron chi connectivity index (χ4n) is 9.89. The van der Waals surface area contributed by atoms with Crippen LogP contribution >= 0.6 is 0 Å². The van der Waals surface area contributed by atoms with Crippen molar-refractivity contribution in [3.8, 4) is 23.0 Å². The van der Waals surface area contributed by atoms with E-state index in [0.29, 0.717) is 94.7 Å². The number of nitrogens with one attached hydrogen (secondary N) is 4. The van der Waals surface area contributed by atoms with Gasteiger partial charge in [0.1, 0.15) is 25.3 Å². The summed E-state index contributed by atoms with van der Waals surface area (Å²) < 4.78 is 24.5. The number of anilines is 1. The summed E-state index contributed by atoms with van der Waals surface area (Å²) in [4.78, 5) is 92.0. The van der Waals surface area contributed by atoms with Gasteiger partial charge in [-0.3, -0.25) is 34.0 Å². The molecule has 0 bridgehead atoms. The molecule has 388 valence electrons. The Bertz CT molecular complexity index is 2940. The topological polar surface area (TPSA) is 245 Å². The predicted molar refractivity (Wildman–Crippen MR) is 280 cm³/mol. The molecule has 4 aliphatic rings. The summed E-state index contributed by atoms with van der Waals surface area (Å²) in [6.45, 7) is 4.45. The van der Waals surface area contributed by atoms with E-state index in [2.05, 4.69) is 33.4 Å². The number of amides is 7.